The van der Waals surface area contributed by atoms with Gasteiger partial charge in [-0.1, -0.05) is 0 Å². The third-order valence-corrected chi connectivity index (χ3v) is 7.37. The van der Waals surface area contributed by atoms with Crippen molar-refractivity contribution in [3.05, 3.63) is 63.7 Å². The zero-order valence-corrected chi connectivity index (χ0v) is 16.8. The molecule has 9 heteroatoms. The third-order valence-electron chi connectivity index (χ3n) is 7.37. The molecule has 2 aromatic carbocycles. The fourth-order valence-electron chi connectivity index (χ4n) is 5.99. The second kappa shape index (κ2) is 6.32. The largest absolute Gasteiger partial charge is 0.274 e. The molecule has 32 heavy (non-hydrogen) atoms. The number of carbonyl (C=O) groups excluding carboxylic acids is 4. The molecule has 4 atom stereocenters. The van der Waals surface area contributed by atoms with Crippen LogP contribution in [0, 0.1) is 33.8 Å². The molecule has 9 nitrogen and oxygen atoms in total. The summed E-state index contributed by atoms with van der Waals surface area (Å²) in [6.07, 6.45) is 2.95. The maximum Gasteiger partial charge on any atom is 0.270 e. The predicted octanol–water partition coefficient (Wildman–Crippen LogP) is 2.93. The number of fused-ring (bicyclic) bond motifs is 6. The van der Waals surface area contributed by atoms with E-state index in [0.717, 1.165) is 30.2 Å². The summed E-state index contributed by atoms with van der Waals surface area (Å²) < 4.78 is 0. The molecule has 3 fully saturated rings. The number of amides is 4. The van der Waals surface area contributed by atoms with Crippen molar-refractivity contribution in [2.45, 2.75) is 19.3 Å². The van der Waals surface area contributed by atoms with Crippen LogP contribution in [0.4, 0.5) is 17.1 Å². The summed E-state index contributed by atoms with van der Waals surface area (Å²) in [6, 6.07) is 9.68. The van der Waals surface area contributed by atoms with Gasteiger partial charge in [0.15, 0.2) is 0 Å². The van der Waals surface area contributed by atoms with Crippen LogP contribution in [0.5, 0.6) is 0 Å². The van der Waals surface area contributed by atoms with Crippen molar-refractivity contribution >= 4 is 40.7 Å². The van der Waals surface area contributed by atoms with Crippen LogP contribution in [0.15, 0.2) is 42.5 Å². The molecule has 2 heterocycles. The Labute approximate surface area is 181 Å². The zero-order chi connectivity index (χ0) is 22.3. The summed E-state index contributed by atoms with van der Waals surface area (Å²) in [5, 5.41) is 11.0. The van der Waals surface area contributed by atoms with Gasteiger partial charge in [0.05, 0.1) is 39.3 Å². The Morgan fingerprint density at radius 1 is 0.750 bits per heavy atom. The minimum absolute atomic E-state index is 0.0264. The maximum absolute atomic E-state index is 13.0. The van der Waals surface area contributed by atoms with Gasteiger partial charge in [0.1, 0.15) is 0 Å². The van der Waals surface area contributed by atoms with Gasteiger partial charge in [0.2, 0.25) is 11.8 Å². The summed E-state index contributed by atoms with van der Waals surface area (Å²) in [7, 11) is 0. The van der Waals surface area contributed by atoms with E-state index in [2.05, 4.69) is 0 Å². The van der Waals surface area contributed by atoms with Gasteiger partial charge in [-0.05, 0) is 61.4 Å². The minimum atomic E-state index is -0.652. The first-order valence-corrected chi connectivity index (χ1v) is 10.5. The molecule has 2 aliphatic carbocycles. The molecule has 0 aromatic heterocycles. The fraction of sp³-hybridized carbons (Fsp3) is 0.304. The average molecular weight is 431 g/mol. The molecule has 2 bridgehead atoms. The van der Waals surface area contributed by atoms with Gasteiger partial charge >= 0.3 is 0 Å². The highest BCUT2D eigenvalue weighted by Crippen LogP contribution is 2.56. The minimum Gasteiger partial charge on any atom is -0.274 e. The van der Waals surface area contributed by atoms with Crippen LogP contribution < -0.4 is 9.80 Å². The summed E-state index contributed by atoms with van der Waals surface area (Å²) in [5.41, 5.74) is 0.485. The van der Waals surface area contributed by atoms with Crippen molar-refractivity contribution in [1.82, 2.24) is 0 Å². The third kappa shape index (κ3) is 2.33. The van der Waals surface area contributed by atoms with E-state index in [1.807, 2.05) is 0 Å². The number of nitro groups is 1. The molecule has 4 aliphatic rings. The molecule has 4 amide bonds. The first-order valence-electron chi connectivity index (χ1n) is 10.5. The lowest BCUT2D eigenvalue weighted by Crippen LogP contribution is -2.33. The molecule has 6 rings (SSSR count). The number of hydrogen-bond acceptors (Lipinski definition) is 6. The van der Waals surface area contributed by atoms with Crippen molar-refractivity contribution in [3.8, 4) is 0 Å². The van der Waals surface area contributed by atoms with E-state index in [1.54, 1.807) is 12.1 Å². The maximum atomic E-state index is 13.0. The lowest BCUT2D eigenvalue weighted by atomic mass is 9.81. The SMILES string of the molecule is O=C1c2ccc([N+](=O)[O-])cc2C(=O)N1c1ccc(N2C(=O)[C@@H]3[C@@H]4CC[C@@H](C4)[C@@H]3C2=O)cc1. The number of non-ortho nitro benzene ring substituents is 1. The van der Waals surface area contributed by atoms with E-state index in [1.165, 1.54) is 29.2 Å². The normalized spacial score (nSPS) is 28.0. The molecule has 160 valence electrons. The second-order valence-electron chi connectivity index (χ2n) is 8.85. The van der Waals surface area contributed by atoms with Gasteiger partial charge in [-0.15, -0.1) is 0 Å². The smallest absolute Gasteiger partial charge is 0.270 e. The molecule has 1 saturated heterocycles. The van der Waals surface area contributed by atoms with Crippen LogP contribution in [-0.2, 0) is 9.59 Å². The molecule has 2 aromatic rings. The Kier molecular flexibility index (Phi) is 3.72. The first-order chi connectivity index (χ1) is 15.4. The summed E-state index contributed by atoms with van der Waals surface area (Å²) in [4.78, 5) is 64.1. The van der Waals surface area contributed by atoms with Crippen LogP contribution in [0.3, 0.4) is 0 Å². The molecular formula is C23H17N3O6. The first kappa shape index (κ1) is 18.9. The summed E-state index contributed by atoms with van der Waals surface area (Å²) in [5.74, 6) is -1.43. The van der Waals surface area contributed by atoms with Gasteiger partial charge < -0.3 is 0 Å². The van der Waals surface area contributed by atoms with E-state index in [0.29, 0.717) is 5.69 Å². The molecule has 0 unspecified atom stereocenters. The molecule has 0 radical (unpaired) electrons. The van der Waals surface area contributed by atoms with Gasteiger partial charge in [-0.2, -0.15) is 0 Å². The Morgan fingerprint density at radius 2 is 1.28 bits per heavy atom. The monoisotopic (exact) mass is 431 g/mol. The second-order valence-corrected chi connectivity index (χ2v) is 8.85. The van der Waals surface area contributed by atoms with E-state index in [4.69, 9.17) is 0 Å². The number of imide groups is 2. The Morgan fingerprint density at radius 3 is 1.84 bits per heavy atom. The van der Waals surface area contributed by atoms with Crippen molar-refractivity contribution in [2.75, 3.05) is 9.80 Å². The Hall–Kier alpha value is -3.88. The van der Waals surface area contributed by atoms with Gasteiger partial charge in [-0.3, -0.25) is 34.2 Å². The van der Waals surface area contributed by atoms with Crippen molar-refractivity contribution in [3.63, 3.8) is 0 Å². The van der Waals surface area contributed by atoms with Crippen LogP contribution in [0.2, 0.25) is 0 Å². The van der Waals surface area contributed by atoms with Gasteiger partial charge in [0, 0.05) is 12.1 Å². The van der Waals surface area contributed by atoms with E-state index in [-0.39, 0.29) is 58.0 Å². The van der Waals surface area contributed by atoms with E-state index in [9.17, 15) is 29.3 Å². The van der Waals surface area contributed by atoms with Crippen LogP contribution in [-0.4, -0.2) is 28.6 Å². The molecular weight excluding hydrogens is 414 g/mol. The quantitative estimate of drug-likeness (QED) is 0.419. The number of nitrogens with zero attached hydrogens (tertiary/aromatic N) is 3. The van der Waals surface area contributed by atoms with E-state index < -0.39 is 16.7 Å². The fourth-order valence-corrected chi connectivity index (χ4v) is 5.99. The number of nitro benzene ring substituents is 1. The lowest BCUT2D eigenvalue weighted by Gasteiger charge is -2.19. The van der Waals surface area contributed by atoms with Crippen molar-refractivity contribution < 1.29 is 24.1 Å². The number of rotatable bonds is 3. The number of benzene rings is 2. The van der Waals surface area contributed by atoms with Crippen molar-refractivity contribution in [1.29, 1.82) is 0 Å². The summed E-state index contributed by atoms with van der Waals surface area (Å²) >= 11 is 0. The molecule has 0 N–H and O–H groups in total. The van der Waals surface area contributed by atoms with Crippen LogP contribution in [0.25, 0.3) is 0 Å². The van der Waals surface area contributed by atoms with Crippen LogP contribution in [0.1, 0.15) is 40.0 Å². The average Bonchev–Trinajstić information content (AvgIpc) is 3.52. The van der Waals surface area contributed by atoms with E-state index >= 15 is 0 Å². The van der Waals surface area contributed by atoms with Gasteiger partial charge in [0.25, 0.3) is 17.5 Å². The highest BCUT2D eigenvalue weighted by molar-refractivity contribution is 6.34. The predicted molar refractivity (Wildman–Crippen MR) is 111 cm³/mol. The highest BCUT2D eigenvalue weighted by atomic mass is 16.6. The molecule has 0 spiro atoms. The van der Waals surface area contributed by atoms with Crippen molar-refractivity contribution in [2.24, 2.45) is 23.7 Å². The highest BCUT2D eigenvalue weighted by Gasteiger charge is 2.61. The molecule has 2 aliphatic heterocycles. The van der Waals surface area contributed by atoms with Crippen LogP contribution >= 0.6 is 0 Å². The number of hydrogen-bond donors (Lipinski definition) is 0. The Balaban J connectivity index is 1.29. The standard InChI is InChI=1S/C23H17N3O6/c27-20-16-8-7-15(26(31)32)10-17(16)21(28)24(20)13-3-5-14(6-4-13)25-22(29)18-11-1-2-12(9-11)19(18)23(25)30/h3-8,10-12,18-19H,1-2,9H2/t11-,12+,18-,19+. The van der Waals surface area contributed by atoms with Gasteiger partial charge in [-0.25, -0.2) is 4.90 Å². The topological polar surface area (TPSA) is 118 Å². The number of carbonyl (C=O) groups is 4. The zero-order valence-electron chi connectivity index (χ0n) is 16.8. The lowest BCUT2D eigenvalue weighted by molar-refractivity contribution is -0.384. The molecule has 2 saturated carbocycles. The number of anilines is 2. The Bertz CT molecular complexity index is 1220. The summed E-state index contributed by atoms with van der Waals surface area (Å²) in [6.45, 7) is 0.